The molecule has 3 heteroatoms. The Morgan fingerprint density at radius 2 is 1.85 bits per heavy atom. The molecule has 2 nitrogen and oxygen atoms in total. The molecule has 0 aliphatic rings. The van der Waals surface area contributed by atoms with Gasteiger partial charge in [-0.1, -0.05) is 43.6 Å². The van der Waals surface area contributed by atoms with Crippen LogP contribution in [0.15, 0.2) is 42.5 Å². The fourth-order valence-corrected chi connectivity index (χ4v) is 2.24. The molecule has 0 aliphatic carbocycles. The van der Waals surface area contributed by atoms with Gasteiger partial charge in [-0.15, -0.1) is 0 Å². The average Bonchev–Trinajstić information content (AvgIpc) is 2.42. The van der Waals surface area contributed by atoms with Crippen LogP contribution in [-0.2, 0) is 6.54 Å². The highest BCUT2D eigenvalue weighted by atomic mass is 35.5. The van der Waals surface area contributed by atoms with Crippen molar-refractivity contribution in [2.45, 2.75) is 26.3 Å². The summed E-state index contributed by atoms with van der Waals surface area (Å²) in [4.78, 5) is 0. The number of nitrogens with one attached hydrogen (secondary N) is 1. The lowest BCUT2D eigenvalue weighted by molar-refractivity contribution is 0.481. The number of hydrogen-bond acceptors (Lipinski definition) is 2. The SMILES string of the molecule is CNCc1ccc(Oc2cccc(C(C)C)c2)cc1Cl. The Morgan fingerprint density at radius 1 is 1.10 bits per heavy atom. The number of benzene rings is 2. The van der Waals surface area contributed by atoms with Crippen molar-refractivity contribution >= 4 is 11.6 Å². The van der Waals surface area contributed by atoms with Gasteiger partial charge >= 0.3 is 0 Å². The summed E-state index contributed by atoms with van der Waals surface area (Å²) in [5.41, 5.74) is 2.33. The quantitative estimate of drug-likeness (QED) is 0.838. The number of rotatable bonds is 5. The summed E-state index contributed by atoms with van der Waals surface area (Å²) in [5, 5.41) is 3.81. The summed E-state index contributed by atoms with van der Waals surface area (Å²) in [6, 6.07) is 13.9. The Kier molecular flexibility index (Phi) is 5.05. The number of halogens is 1. The molecule has 20 heavy (non-hydrogen) atoms. The van der Waals surface area contributed by atoms with Gasteiger partial charge in [0.1, 0.15) is 11.5 Å². The molecule has 2 rings (SSSR count). The minimum Gasteiger partial charge on any atom is -0.457 e. The van der Waals surface area contributed by atoms with Crippen molar-refractivity contribution in [1.82, 2.24) is 5.32 Å². The summed E-state index contributed by atoms with van der Waals surface area (Å²) < 4.78 is 5.88. The van der Waals surface area contributed by atoms with Crippen molar-refractivity contribution in [1.29, 1.82) is 0 Å². The maximum absolute atomic E-state index is 6.24. The van der Waals surface area contributed by atoms with Gasteiger partial charge < -0.3 is 10.1 Å². The largest absolute Gasteiger partial charge is 0.457 e. The van der Waals surface area contributed by atoms with Crippen molar-refractivity contribution < 1.29 is 4.74 Å². The van der Waals surface area contributed by atoms with E-state index < -0.39 is 0 Å². The molecule has 2 aromatic carbocycles. The highest BCUT2D eigenvalue weighted by Crippen LogP contribution is 2.28. The van der Waals surface area contributed by atoms with Crippen LogP contribution in [0.5, 0.6) is 11.5 Å². The molecule has 2 aromatic rings. The lowest BCUT2D eigenvalue weighted by Gasteiger charge is -2.11. The van der Waals surface area contributed by atoms with Crippen molar-refractivity contribution in [3.8, 4) is 11.5 Å². The Morgan fingerprint density at radius 3 is 2.50 bits per heavy atom. The molecule has 1 N–H and O–H groups in total. The monoisotopic (exact) mass is 289 g/mol. The molecule has 0 aromatic heterocycles. The average molecular weight is 290 g/mol. The Hall–Kier alpha value is -1.51. The molecule has 0 heterocycles. The molecule has 0 amide bonds. The Balaban J connectivity index is 2.17. The van der Waals surface area contributed by atoms with Gasteiger partial charge in [-0.05, 0) is 48.4 Å². The lowest BCUT2D eigenvalue weighted by Crippen LogP contribution is -2.05. The normalized spacial score (nSPS) is 10.8. The van der Waals surface area contributed by atoms with E-state index in [0.717, 1.165) is 28.6 Å². The molecule has 0 aliphatic heterocycles. The standard InChI is InChI=1S/C17H20ClNO/c1-12(2)13-5-4-6-15(9-13)20-16-8-7-14(11-19-3)17(18)10-16/h4-10,12,19H,11H2,1-3H3. The molecular formula is C17H20ClNO. The zero-order chi connectivity index (χ0) is 14.5. The molecule has 0 saturated heterocycles. The second kappa shape index (κ2) is 6.78. The summed E-state index contributed by atoms with van der Waals surface area (Å²) in [6.45, 7) is 5.09. The smallest absolute Gasteiger partial charge is 0.128 e. The van der Waals surface area contributed by atoms with Gasteiger partial charge in [-0.25, -0.2) is 0 Å². The van der Waals surface area contributed by atoms with E-state index in [-0.39, 0.29) is 0 Å². The summed E-state index contributed by atoms with van der Waals surface area (Å²) in [5.74, 6) is 2.09. The van der Waals surface area contributed by atoms with Gasteiger partial charge in [0, 0.05) is 11.6 Å². The fraction of sp³-hybridized carbons (Fsp3) is 0.294. The third-order valence-electron chi connectivity index (χ3n) is 3.15. The summed E-state index contributed by atoms with van der Waals surface area (Å²) in [6.07, 6.45) is 0. The molecular weight excluding hydrogens is 270 g/mol. The van der Waals surface area contributed by atoms with Crippen molar-refractivity contribution in [2.75, 3.05) is 7.05 Å². The van der Waals surface area contributed by atoms with E-state index in [1.165, 1.54) is 5.56 Å². The van der Waals surface area contributed by atoms with E-state index in [2.05, 4.69) is 31.3 Å². The summed E-state index contributed by atoms with van der Waals surface area (Å²) >= 11 is 6.24. The first kappa shape index (κ1) is 14.9. The molecule has 0 fully saturated rings. The lowest BCUT2D eigenvalue weighted by atomic mass is 10.0. The van der Waals surface area contributed by atoms with Crippen LogP contribution in [0.1, 0.15) is 30.9 Å². The minimum atomic E-state index is 0.486. The van der Waals surface area contributed by atoms with E-state index in [1.54, 1.807) is 0 Å². The zero-order valence-corrected chi connectivity index (χ0v) is 12.9. The van der Waals surface area contributed by atoms with Crippen LogP contribution in [0, 0.1) is 0 Å². The first-order valence-electron chi connectivity index (χ1n) is 6.81. The molecule has 0 saturated carbocycles. The fourth-order valence-electron chi connectivity index (χ4n) is 2.00. The van der Waals surface area contributed by atoms with E-state index in [0.29, 0.717) is 5.92 Å². The van der Waals surface area contributed by atoms with Crippen LogP contribution in [0.3, 0.4) is 0 Å². The Bertz CT molecular complexity index is 581. The van der Waals surface area contributed by atoms with Crippen LogP contribution in [-0.4, -0.2) is 7.05 Å². The van der Waals surface area contributed by atoms with Gasteiger partial charge in [0.2, 0.25) is 0 Å². The van der Waals surface area contributed by atoms with Gasteiger partial charge in [0.25, 0.3) is 0 Å². The highest BCUT2D eigenvalue weighted by Gasteiger charge is 2.05. The molecule has 0 unspecified atom stereocenters. The van der Waals surface area contributed by atoms with Gasteiger partial charge in [-0.2, -0.15) is 0 Å². The number of hydrogen-bond donors (Lipinski definition) is 1. The van der Waals surface area contributed by atoms with Crippen molar-refractivity contribution in [2.24, 2.45) is 0 Å². The second-order valence-corrected chi connectivity index (χ2v) is 5.52. The molecule has 0 radical (unpaired) electrons. The van der Waals surface area contributed by atoms with E-state index in [4.69, 9.17) is 16.3 Å². The predicted octanol–water partition coefficient (Wildman–Crippen LogP) is 4.98. The van der Waals surface area contributed by atoms with Crippen LogP contribution in [0.25, 0.3) is 0 Å². The van der Waals surface area contributed by atoms with Crippen LogP contribution in [0.2, 0.25) is 5.02 Å². The third kappa shape index (κ3) is 3.75. The predicted molar refractivity (Wildman–Crippen MR) is 84.8 cm³/mol. The minimum absolute atomic E-state index is 0.486. The Labute approximate surface area is 125 Å². The third-order valence-corrected chi connectivity index (χ3v) is 3.50. The van der Waals surface area contributed by atoms with Crippen LogP contribution < -0.4 is 10.1 Å². The van der Waals surface area contributed by atoms with Crippen LogP contribution in [0.4, 0.5) is 0 Å². The highest BCUT2D eigenvalue weighted by molar-refractivity contribution is 6.31. The maximum atomic E-state index is 6.24. The van der Waals surface area contributed by atoms with Crippen LogP contribution >= 0.6 is 11.6 Å². The van der Waals surface area contributed by atoms with Crippen molar-refractivity contribution in [3.63, 3.8) is 0 Å². The molecule has 106 valence electrons. The van der Waals surface area contributed by atoms with Gasteiger partial charge in [-0.3, -0.25) is 0 Å². The summed E-state index contributed by atoms with van der Waals surface area (Å²) in [7, 11) is 1.90. The zero-order valence-electron chi connectivity index (χ0n) is 12.1. The second-order valence-electron chi connectivity index (χ2n) is 5.11. The van der Waals surface area contributed by atoms with Crippen molar-refractivity contribution in [3.05, 3.63) is 58.6 Å². The topological polar surface area (TPSA) is 21.3 Å². The van der Waals surface area contributed by atoms with E-state index in [1.807, 2.05) is 37.4 Å². The molecule has 0 spiro atoms. The van der Waals surface area contributed by atoms with E-state index in [9.17, 15) is 0 Å². The molecule has 0 bridgehead atoms. The van der Waals surface area contributed by atoms with Gasteiger partial charge in [0.05, 0.1) is 0 Å². The van der Waals surface area contributed by atoms with Gasteiger partial charge in [0.15, 0.2) is 0 Å². The first-order valence-corrected chi connectivity index (χ1v) is 7.19. The first-order chi connectivity index (χ1) is 9.60. The van der Waals surface area contributed by atoms with E-state index >= 15 is 0 Å². The molecule has 0 atom stereocenters. The number of ether oxygens (including phenoxy) is 1. The maximum Gasteiger partial charge on any atom is 0.128 e.